The Morgan fingerprint density at radius 1 is 1.21 bits per heavy atom. The van der Waals surface area contributed by atoms with E-state index in [9.17, 15) is 0 Å². The minimum Gasteiger partial charge on any atom is -0.286 e. The molecule has 1 aromatic carbocycles. The molecule has 7 heteroatoms. The van der Waals surface area contributed by atoms with Crippen LogP contribution >= 0.6 is 0 Å². The fraction of sp³-hybridized carbons (Fsp3) is 0.412. The lowest BCUT2D eigenvalue weighted by molar-refractivity contribution is 0.130. The maximum atomic E-state index is 4.54. The summed E-state index contributed by atoms with van der Waals surface area (Å²) in [4.78, 5) is 6.96. The number of aromatic nitrogens is 6. The van der Waals surface area contributed by atoms with Crippen LogP contribution in [0, 0.1) is 6.92 Å². The molecule has 4 rings (SSSR count). The molecule has 2 aromatic heterocycles. The average molecular weight is 323 g/mol. The van der Waals surface area contributed by atoms with Crippen LogP contribution in [0.1, 0.15) is 42.8 Å². The number of aryl methyl sites for hydroxylation is 1. The quantitative estimate of drug-likeness (QED) is 0.798. The third kappa shape index (κ3) is 2.94. The van der Waals surface area contributed by atoms with Crippen LogP contribution < -0.4 is 0 Å². The number of nitrogens with zero attached hydrogens (tertiary/aromatic N) is 6. The maximum absolute atomic E-state index is 4.54. The Balaban J connectivity index is 1.59. The normalized spacial score (nSPS) is 18.8. The molecule has 0 amide bonds. The number of nitrogens with one attached hydrogen (secondary N) is 1. The van der Waals surface area contributed by atoms with Gasteiger partial charge in [-0.2, -0.15) is 5.10 Å². The number of para-hydroxylation sites is 1. The molecule has 0 saturated carbocycles. The molecule has 1 saturated heterocycles. The van der Waals surface area contributed by atoms with Crippen molar-refractivity contribution >= 4 is 0 Å². The summed E-state index contributed by atoms with van der Waals surface area (Å²) < 4.78 is 2.05. The Labute approximate surface area is 140 Å². The number of rotatable bonds is 4. The minimum absolute atomic E-state index is 0.240. The van der Waals surface area contributed by atoms with Gasteiger partial charge in [0, 0.05) is 5.69 Å². The zero-order valence-corrected chi connectivity index (χ0v) is 13.8. The van der Waals surface area contributed by atoms with Crippen LogP contribution in [-0.2, 0) is 6.54 Å². The molecule has 0 radical (unpaired) electrons. The number of likely N-dealkylation sites (tertiary alicyclic amines) is 1. The lowest BCUT2D eigenvalue weighted by Crippen LogP contribution is -2.34. The molecule has 3 heterocycles. The molecular formula is C17H21N7. The van der Waals surface area contributed by atoms with Crippen LogP contribution in [0.5, 0.6) is 0 Å². The van der Waals surface area contributed by atoms with Crippen molar-refractivity contribution in [3.63, 3.8) is 0 Å². The number of piperidine rings is 1. The van der Waals surface area contributed by atoms with E-state index in [2.05, 4.69) is 47.0 Å². The second kappa shape index (κ2) is 6.52. The van der Waals surface area contributed by atoms with E-state index in [0.29, 0.717) is 0 Å². The van der Waals surface area contributed by atoms with E-state index in [0.717, 1.165) is 42.7 Å². The SMILES string of the molecule is Cc1nc(C2CCCCN2Cc2nncn2-c2ccccc2)n[nH]1. The van der Waals surface area contributed by atoms with Gasteiger partial charge in [-0.1, -0.05) is 24.6 Å². The first-order chi connectivity index (χ1) is 11.8. The molecule has 1 aliphatic rings. The minimum atomic E-state index is 0.240. The van der Waals surface area contributed by atoms with Gasteiger partial charge in [0.05, 0.1) is 12.6 Å². The number of benzene rings is 1. The van der Waals surface area contributed by atoms with Crippen LogP contribution in [-0.4, -0.2) is 41.4 Å². The molecule has 1 unspecified atom stereocenters. The first-order valence-corrected chi connectivity index (χ1v) is 8.38. The summed E-state index contributed by atoms with van der Waals surface area (Å²) in [6, 6.07) is 10.4. The van der Waals surface area contributed by atoms with Gasteiger partial charge in [-0.05, 0) is 38.4 Å². The van der Waals surface area contributed by atoms with Crippen molar-refractivity contribution in [2.75, 3.05) is 6.54 Å². The van der Waals surface area contributed by atoms with Crippen molar-refractivity contribution in [3.8, 4) is 5.69 Å². The van der Waals surface area contributed by atoms with Crippen molar-refractivity contribution in [1.29, 1.82) is 0 Å². The number of H-pyrrole nitrogens is 1. The topological polar surface area (TPSA) is 75.5 Å². The van der Waals surface area contributed by atoms with E-state index in [1.54, 1.807) is 6.33 Å². The van der Waals surface area contributed by atoms with Crippen LogP contribution in [0.4, 0.5) is 0 Å². The van der Waals surface area contributed by atoms with Gasteiger partial charge in [0.25, 0.3) is 0 Å². The lowest BCUT2D eigenvalue weighted by Gasteiger charge is -2.33. The van der Waals surface area contributed by atoms with Gasteiger partial charge in [-0.3, -0.25) is 14.6 Å². The zero-order chi connectivity index (χ0) is 16.4. The Bertz CT molecular complexity index is 792. The molecule has 3 aromatic rings. The maximum Gasteiger partial charge on any atom is 0.167 e. The van der Waals surface area contributed by atoms with Crippen LogP contribution in [0.25, 0.3) is 5.69 Å². The molecule has 1 atom stereocenters. The summed E-state index contributed by atoms with van der Waals surface area (Å²) in [5, 5.41) is 15.8. The summed E-state index contributed by atoms with van der Waals surface area (Å²) in [6.07, 6.45) is 5.26. The number of hydrogen-bond acceptors (Lipinski definition) is 5. The van der Waals surface area contributed by atoms with Gasteiger partial charge in [-0.25, -0.2) is 4.98 Å². The van der Waals surface area contributed by atoms with E-state index >= 15 is 0 Å². The highest BCUT2D eigenvalue weighted by molar-refractivity contribution is 5.32. The molecule has 0 bridgehead atoms. The smallest absolute Gasteiger partial charge is 0.167 e. The van der Waals surface area contributed by atoms with E-state index < -0.39 is 0 Å². The second-order valence-electron chi connectivity index (χ2n) is 6.21. The van der Waals surface area contributed by atoms with Gasteiger partial charge in [0.15, 0.2) is 11.6 Å². The molecular weight excluding hydrogens is 302 g/mol. The molecule has 124 valence electrons. The monoisotopic (exact) mass is 323 g/mol. The molecule has 0 spiro atoms. The van der Waals surface area contributed by atoms with Gasteiger partial charge in [0.1, 0.15) is 12.2 Å². The first kappa shape index (κ1) is 15.0. The summed E-state index contributed by atoms with van der Waals surface area (Å²) in [6.45, 7) is 3.71. The average Bonchev–Trinajstić information content (AvgIpc) is 3.25. The van der Waals surface area contributed by atoms with Gasteiger partial charge in [-0.15, -0.1) is 10.2 Å². The van der Waals surface area contributed by atoms with Crippen molar-refractivity contribution < 1.29 is 0 Å². The van der Waals surface area contributed by atoms with Crippen LogP contribution in [0.15, 0.2) is 36.7 Å². The lowest BCUT2D eigenvalue weighted by atomic mass is 10.0. The van der Waals surface area contributed by atoms with Crippen molar-refractivity contribution in [2.24, 2.45) is 0 Å². The van der Waals surface area contributed by atoms with Gasteiger partial charge in [0.2, 0.25) is 0 Å². The predicted octanol–water partition coefficient (Wildman–Crippen LogP) is 2.42. The Morgan fingerprint density at radius 3 is 2.88 bits per heavy atom. The zero-order valence-electron chi connectivity index (χ0n) is 13.8. The van der Waals surface area contributed by atoms with Crippen molar-refractivity contribution in [2.45, 2.75) is 38.8 Å². The Kier molecular flexibility index (Phi) is 4.08. The third-order valence-corrected chi connectivity index (χ3v) is 4.52. The number of aromatic amines is 1. The molecule has 1 fully saturated rings. The summed E-state index contributed by atoms with van der Waals surface area (Å²) in [7, 11) is 0. The van der Waals surface area contributed by atoms with E-state index in [4.69, 9.17) is 0 Å². The van der Waals surface area contributed by atoms with Gasteiger partial charge >= 0.3 is 0 Å². The number of hydrogen-bond donors (Lipinski definition) is 1. The highest BCUT2D eigenvalue weighted by Gasteiger charge is 2.28. The fourth-order valence-corrected chi connectivity index (χ4v) is 3.33. The van der Waals surface area contributed by atoms with E-state index in [-0.39, 0.29) is 6.04 Å². The standard InChI is InChI=1S/C17H21N7/c1-13-19-17(22-20-13)15-9-5-6-10-23(15)11-16-21-18-12-24(16)14-7-3-2-4-8-14/h2-4,7-8,12,15H,5-6,9-11H2,1H3,(H,19,20,22). The highest BCUT2D eigenvalue weighted by Crippen LogP contribution is 2.30. The van der Waals surface area contributed by atoms with E-state index in [1.807, 2.05) is 25.1 Å². The molecule has 7 nitrogen and oxygen atoms in total. The molecule has 24 heavy (non-hydrogen) atoms. The third-order valence-electron chi connectivity index (χ3n) is 4.52. The van der Waals surface area contributed by atoms with E-state index in [1.165, 1.54) is 12.8 Å². The molecule has 1 N–H and O–H groups in total. The second-order valence-corrected chi connectivity index (χ2v) is 6.21. The Morgan fingerprint density at radius 2 is 2.08 bits per heavy atom. The largest absolute Gasteiger partial charge is 0.286 e. The fourth-order valence-electron chi connectivity index (χ4n) is 3.33. The first-order valence-electron chi connectivity index (χ1n) is 8.38. The van der Waals surface area contributed by atoms with Crippen LogP contribution in [0.2, 0.25) is 0 Å². The van der Waals surface area contributed by atoms with Crippen molar-refractivity contribution in [3.05, 3.63) is 54.1 Å². The summed E-state index contributed by atoms with van der Waals surface area (Å²) >= 11 is 0. The van der Waals surface area contributed by atoms with Crippen molar-refractivity contribution in [1.82, 2.24) is 34.8 Å². The highest BCUT2D eigenvalue weighted by atomic mass is 15.3. The Hall–Kier alpha value is -2.54. The summed E-state index contributed by atoms with van der Waals surface area (Å²) in [5.74, 6) is 2.70. The van der Waals surface area contributed by atoms with Crippen LogP contribution in [0.3, 0.4) is 0 Å². The molecule has 0 aliphatic carbocycles. The predicted molar refractivity (Wildman–Crippen MR) is 89.5 cm³/mol. The van der Waals surface area contributed by atoms with Gasteiger partial charge < -0.3 is 0 Å². The molecule has 1 aliphatic heterocycles. The summed E-state index contributed by atoms with van der Waals surface area (Å²) in [5.41, 5.74) is 1.08.